The first kappa shape index (κ1) is 57.0. The Balaban J connectivity index is 0.000000233. The second-order valence-corrected chi connectivity index (χ2v) is 21.7. The van der Waals surface area contributed by atoms with E-state index in [-0.39, 0.29) is 24.4 Å². The molecule has 15 heteroatoms. The predicted octanol–water partition coefficient (Wildman–Crippen LogP) is 12.5. The van der Waals surface area contributed by atoms with Gasteiger partial charge in [-0.05, 0) is 98.8 Å². The van der Waals surface area contributed by atoms with Crippen LogP contribution in [-0.2, 0) is 48.5 Å². The summed E-state index contributed by atoms with van der Waals surface area (Å²) in [5, 5.41) is 0.593. The maximum Gasteiger partial charge on any atom is 0.410 e. The molecule has 4 aliphatic rings. The van der Waals surface area contributed by atoms with Crippen LogP contribution in [0.1, 0.15) is 129 Å². The average Bonchev–Trinajstić information content (AvgIpc) is 3.27. The fourth-order valence-electron chi connectivity index (χ4n) is 8.21. The number of ether oxygens (including phenoxy) is 2. The van der Waals surface area contributed by atoms with Crippen molar-refractivity contribution in [1.82, 2.24) is 39.5 Å². The molecular weight excluding hydrogens is 931 g/mol. The van der Waals surface area contributed by atoms with Crippen molar-refractivity contribution in [3.05, 3.63) is 136 Å². The molecule has 69 heavy (non-hydrogen) atoms. The van der Waals surface area contributed by atoms with Gasteiger partial charge in [-0.25, -0.2) is 29.5 Å². The molecule has 0 unspecified atom stereocenters. The van der Waals surface area contributed by atoms with E-state index in [0.29, 0.717) is 36.9 Å². The lowest BCUT2D eigenvalue weighted by Crippen LogP contribution is -2.41. The van der Waals surface area contributed by atoms with Gasteiger partial charge in [0.1, 0.15) is 33.8 Å². The highest BCUT2D eigenvalue weighted by Crippen LogP contribution is 2.31. The third-order valence-corrected chi connectivity index (χ3v) is 11.8. The van der Waals surface area contributed by atoms with Crippen LogP contribution in [0, 0.1) is 0 Å². The van der Waals surface area contributed by atoms with Crippen LogP contribution in [0.3, 0.4) is 0 Å². The Labute approximate surface area is 427 Å². The van der Waals surface area contributed by atoms with E-state index in [4.69, 9.17) is 44.3 Å². The molecule has 0 bridgehead atoms. The number of alkyl halides is 2. The SMILES string of the molecule is C.CC(Cl)Cl.CC1=CCCN(C(=O)OC(C)(C)C)C1.C[C@@H]1Cc2ncnc(C3=CCCN(C(=O)OC(C)(C)C)C3)c2CN1Cc1ccccc1.C[C@@H]1Cc2ncnc(Cl)c2CN1Cc1ccccc1. The molecule has 4 aromatic rings. The summed E-state index contributed by atoms with van der Waals surface area (Å²) in [7, 11) is 0. The molecule has 6 heterocycles. The molecule has 376 valence electrons. The first-order chi connectivity index (χ1) is 32.2. The predicted molar refractivity (Wildman–Crippen MR) is 281 cm³/mol. The highest BCUT2D eigenvalue weighted by molar-refractivity contribution is 6.43. The van der Waals surface area contributed by atoms with Crippen LogP contribution in [0.15, 0.2) is 91.0 Å². The summed E-state index contributed by atoms with van der Waals surface area (Å²) >= 11 is 16.3. The quantitative estimate of drug-likeness (QED) is 0.109. The molecule has 2 atom stereocenters. The maximum absolute atomic E-state index is 12.6. The lowest BCUT2D eigenvalue weighted by Gasteiger charge is -2.36. The smallest absolute Gasteiger partial charge is 0.410 e. The van der Waals surface area contributed by atoms with Crippen LogP contribution in [0.5, 0.6) is 0 Å². The van der Waals surface area contributed by atoms with E-state index in [1.54, 1.807) is 29.4 Å². The highest BCUT2D eigenvalue weighted by atomic mass is 35.5. The molecule has 0 spiro atoms. The summed E-state index contributed by atoms with van der Waals surface area (Å²) in [5.41, 5.74) is 9.53. The minimum Gasteiger partial charge on any atom is -0.444 e. The first-order valence-electron chi connectivity index (χ1n) is 23.6. The van der Waals surface area contributed by atoms with E-state index >= 15 is 0 Å². The molecule has 2 aromatic heterocycles. The fraction of sp³-hybridized carbons (Fsp3) is 0.519. The van der Waals surface area contributed by atoms with Crippen molar-refractivity contribution in [2.24, 2.45) is 0 Å². The first-order valence-corrected chi connectivity index (χ1v) is 24.9. The third-order valence-electron chi connectivity index (χ3n) is 11.5. The Hall–Kier alpha value is -4.59. The zero-order valence-electron chi connectivity index (χ0n) is 41.6. The lowest BCUT2D eigenvalue weighted by atomic mass is 9.93. The van der Waals surface area contributed by atoms with Crippen LogP contribution in [0.2, 0.25) is 5.15 Å². The van der Waals surface area contributed by atoms with Crippen molar-refractivity contribution in [1.29, 1.82) is 0 Å². The largest absolute Gasteiger partial charge is 0.444 e. The summed E-state index contributed by atoms with van der Waals surface area (Å²) < 4.78 is 10.9. The van der Waals surface area contributed by atoms with Crippen molar-refractivity contribution >= 4 is 52.6 Å². The number of carbonyl (C=O) groups is 2. The molecule has 2 aromatic carbocycles. The average molecular weight is 1010 g/mol. The number of benzene rings is 2. The normalized spacial score (nSPS) is 18.2. The maximum atomic E-state index is 12.6. The van der Waals surface area contributed by atoms with Gasteiger partial charge in [-0.15, -0.1) is 23.2 Å². The molecular formula is C54H75Cl3N8O4. The van der Waals surface area contributed by atoms with E-state index < -0.39 is 11.2 Å². The Kier molecular flexibility index (Phi) is 21.9. The summed E-state index contributed by atoms with van der Waals surface area (Å²) in [6.45, 7) is 25.7. The van der Waals surface area contributed by atoms with Crippen molar-refractivity contribution in [3.8, 4) is 0 Å². The van der Waals surface area contributed by atoms with Crippen LogP contribution in [-0.4, -0.2) is 106 Å². The number of fused-ring (bicyclic) bond motifs is 2. The molecule has 8 rings (SSSR count). The summed E-state index contributed by atoms with van der Waals surface area (Å²) in [5.74, 6) is 0. The molecule has 0 aliphatic carbocycles. The van der Waals surface area contributed by atoms with Gasteiger partial charge in [0.2, 0.25) is 0 Å². The second-order valence-electron chi connectivity index (χ2n) is 19.8. The number of aromatic nitrogens is 4. The molecule has 12 nitrogen and oxygen atoms in total. The summed E-state index contributed by atoms with van der Waals surface area (Å²) in [6, 6.07) is 22.0. The summed E-state index contributed by atoms with van der Waals surface area (Å²) in [6.07, 6.45) is 10.7. The third kappa shape index (κ3) is 18.6. The van der Waals surface area contributed by atoms with E-state index in [1.165, 1.54) is 22.3 Å². The number of amides is 2. The Bertz CT molecular complexity index is 2320. The minimum absolute atomic E-state index is 0. The Morgan fingerprint density at radius 2 is 1.10 bits per heavy atom. The van der Waals surface area contributed by atoms with Gasteiger partial charge in [0.25, 0.3) is 0 Å². The Morgan fingerprint density at radius 3 is 1.58 bits per heavy atom. The zero-order valence-corrected chi connectivity index (χ0v) is 43.9. The van der Waals surface area contributed by atoms with Crippen LogP contribution in [0.25, 0.3) is 5.57 Å². The van der Waals surface area contributed by atoms with Gasteiger partial charge in [0.05, 0.1) is 23.6 Å². The number of nitrogens with zero attached hydrogens (tertiary/aromatic N) is 8. The van der Waals surface area contributed by atoms with E-state index in [0.717, 1.165) is 86.6 Å². The molecule has 0 fully saturated rings. The second kappa shape index (κ2) is 26.6. The highest BCUT2D eigenvalue weighted by Gasteiger charge is 2.31. The van der Waals surface area contributed by atoms with Crippen molar-refractivity contribution in [3.63, 3.8) is 0 Å². The molecule has 0 saturated carbocycles. The molecule has 2 amide bonds. The van der Waals surface area contributed by atoms with Gasteiger partial charge < -0.3 is 19.3 Å². The van der Waals surface area contributed by atoms with Crippen LogP contribution in [0.4, 0.5) is 9.59 Å². The number of rotatable bonds is 5. The van der Waals surface area contributed by atoms with E-state index in [9.17, 15) is 9.59 Å². The fourth-order valence-corrected chi connectivity index (χ4v) is 8.42. The van der Waals surface area contributed by atoms with E-state index in [2.05, 4.69) is 110 Å². The number of carbonyl (C=O) groups excluding carboxylic acids is 2. The van der Waals surface area contributed by atoms with Gasteiger partial charge in [-0.1, -0.05) is 97.4 Å². The topological polar surface area (TPSA) is 117 Å². The van der Waals surface area contributed by atoms with Crippen molar-refractivity contribution in [2.45, 2.75) is 157 Å². The molecule has 0 radical (unpaired) electrons. The van der Waals surface area contributed by atoms with Crippen LogP contribution >= 0.6 is 34.8 Å². The molecule has 0 N–H and O–H groups in total. The minimum atomic E-state index is -0.499. The van der Waals surface area contributed by atoms with Gasteiger partial charge in [0, 0.05) is 81.9 Å². The summed E-state index contributed by atoms with van der Waals surface area (Å²) in [4.78, 5) is 50.2. The molecule has 0 saturated heterocycles. The Morgan fingerprint density at radius 1 is 0.667 bits per heavy atom. The van der Waals surface area contributed by atoms with Crippen molar-refractivity contribution < 1.29 is 19.1 Å². The van der Waals surface area contributed by atoms with Crippen molar-refractivity contribution in [2.75, 3.05) is 26.2 Å². The van der Waals surface area contributed by atoms with Gasteiger partial charge >= 0.3 is 12.2 Å². The van der Waals surface area contributed by atoms with Gasteiger partial charge in [0.15, 0.2) is 0 Å². The monoisotopic (exact) mass is 1000 g/mol. The zero-order chi connectivity index (χ0) is 49.6. The molecule has 4 aliphatic heterocycles. The lowest BCUT2D eigenvalue weighted by molar-refractivity contribution is 0.0256. The van der Waals surface area contributed by atoms with Gasteiger partial charge in [-0.2, -0.15) is 0 Å². The number of hydrogen-bond donors (Lipinski definition) is 0. The van der Waals surface area contributed by atoms with Crippen LogP contribution < -0.4 is 0 Å². The standard InChI is InChI=1S/C25H32N4O2.C15H16ClN3.C11H19NO2.C2H4Cl2.CH4/c1-18-13-22-21(16-29(18)14-19-9-6-5-7-10-19)23(27-17-26-22)20-11-8-12-28(15-20)24(30)31-25(2,3)4;1-11-7-14-13(15(16)18-10-17-14)9-19(11)8-12-5-3-2-4-6-12;1-9-6-5-7-12(8-9)10(13)14-11(2,3)4;1-2(3)4;/h5-7,9-11,17-18H,8,12-16H2,1-4H3;2-6,10-11H,7-9H2,1H3;6H,5,7-8H2,1-4H3;2H,1H3;1H4/t18-;11-;;;/m11.../s1. The number of halogens is 3. The number of hydrogen-bond acceptors (Lipinski definition) is 10. The van der Waals surface area contributed by atoms with E-state index in [1.807, 2.05) is 54.5 Å². The van der Waals surface area contributed by atoms with Gasteiger partial charge in [-0.3, -0.25) is 9.80 Å².